The van der Waals surface area contributed by atoms with Crippen LogP contribution >= 0.6 is 0 Å². The van der Waals surface area contributed by atoms with Gasteiger partial charge in [0.2, 0.25) is 0 Å². The topological polar surface area (TPSA) is 59.1 Å². The second-order valence-corrected chi connectivity index (χ2v) is 4.09. The molecule has 1 fully saturated rings. The molecule has 0 N–H and O–H groups in total. The number of ether oxygens (including phenoxy) is 2. The molecular weight excluding hydrogens is 236 g/mol. The van der Waals surface area contributed by atoms with E-state index >= 15 is 0 Å². The molecule has 6 nitrogen and oxygen atoms in total. The van der Waals surface area contributed by atoms with Crippen LogP contribution in [0, 0.1) is 0 Å². The van der Waals surface area contributed by atoms with Gasteiger partial charge < -0.3 is 9.47 Å². The smallest absolute Gasteiger partial charge is 0.321 e. The second-order valence-electron chi connectivity index (χ2n) is 4.09. The number of hydrazine groups is 1. The van der Waals surface area contributed by atoms with Gasteiger partial charge in [-0.05, 0) is 26.7 Å². The van der Waals surface area contributed by atoms with Gasteiger partial charge in [-0.3, -0.25) is 9.59 Å². The minimum atomic E-state index is -0.311. The summed E-state index contributed by atoms with van der Waals surface area (Å²) in [7, 11) is 0. The molecule has 0 aromatic rings. The quantitative estimate of drug-likeness (QED) is 0.617. The van der Waals surface area contributed by atoms with Gasteiger partial charge in [-0.25, -0.2) is 10.0 Å². The van der Waals surface area contributed by atoms with Crippen LogP contribution in [0.15, 0.2) is 0 Å². The zero-order valence-electron chi connectivity index (χ0n) is 11.2. The summed E-state index contributed by atoms with van der Waals surface area (Å²) in [6, 6.07) is 0. The SMILES string of the molecule is CCOC(=O)CN(CC(=O)OCC)N1CCCC1. The Kier molecular flexibility index (Phi) is 6.67. The fourth-order valence-electron chi connectivity index (χ4n) is 1.95. The largest absolute Gasteiger partial charge is 0.465 e. The molecule has 1 aliphatic rings. The van der Waals surface area contributed by atoms with E-state index in [-0.39, 0.29) is 25.0 Å². The maximum absolute atomic E-state index is 11.5. The van der Waals surface area contributed by atoms with Gasteiger partial charge >= 0.3 is 11.9 Å². The number of carbonyl (C=O) groups excluding carboxylic acids is 2. The van der Waals surface area contributed by atoms with Crippen LogP contribution in [0.4, 0.5) is 0 Å². The molecule has 0 radical (unpaired) electrons. The molecular formula is C12H22N2O4. The van der Waals surface area contributed by atoms with Crippen LogP contribution in [0.3, 0.4) is 0 Å². The van der Waals surface area contributed by atoms with Crippen LogP contribution in [0.25, 0.3) is 0 Å². The highest BCUT2D eigenvalue weighted by molar-refractivity contribution is 5.74. The first-order chi connectivity index (χ1) is 8.67. The number of rotatable bonds is 7. The van der Waals surface area contributed by atoms with Crippen molar-refractivity contribution >= 4 is 11.9 Å². The fraction of sp³-hybridized carbons (Fsp3) is 0.833. The lowest BCUT2D eigenvalue weighted by molar-refractivity contribution is -0.156. The number of carbonyl (C=O) groups is 2. The van der Waals surface area contributed by atoms with E-state index in [0.717, 1.165) is 25.9 Å². The van der Waals surface area contributed by atoms with Crippen molar-refractivity contribution in [2.75, 3.05) is 39.4 Å². The van der Waals surface area contributed by atoms with E-state index in [1.165, 1.54) is 0 Å². The standard InChI is InChI=1S/C12H22N2O4/c1-3-17-11(15)9-14(10-12(16)18-4-2)13-7-5-6-8-13/h3-10H2,1-2H3. The van der Waals surface area contributed by atoms with Gasteiger partial charge in [0.1, 0.15) is 13.1 Å². The van der Waals surface area contributed by atoms with Crippen LogP contribution in [0.1, 0.15) is 26.7 Å². The van der Waals surface area contributed by atoms with Crippen molar-refractivity contribution < 1.29 is 19.1 Å². The first-order valence-electron chi connectivity index (χ1n) is 6.48. The number of hydrogen-bond acceptors (Lipinski definition) is 6. The molecule has 0 atom stereocenters. The minimum absolute atomic E-state index is 0.104. The maximum Gasteiger partial charge on any atom is 0.321 e. The van der Waals surface area contributed by atoms with Crippen molar-refractivity contribution in [1.82, 2.24) is 10.0 Å². The fourth-order valence-corrected chi connectivity index (χ4v) is 1.95. The van der Waals surface area contributed by atoms with Crippen molar-refractivity contribution in [3.05, 3.63) is 0 Å². The lowest BCUT2D eigenvalue weighted by atomic mass is 10.4. The number of nitrogens with zero attached hydrogens (tertiary/aromatic N) is 2. The van der Waals surface area contributed by atoms with E-state index < -0.39 is 0 Å². The van der Waals surface area contributed by atoms with Crippen LogP contribution in [-0.4, -0.2) is 61.3 Å². The monoisotopic (exact) mass is 258 g/mol. The van der Waals surface area contributed by atoms with Crippen molar-refractivity contribution in [1.29, 1.82) is 0 Å². The van der Waals surface area contributed by atoms with Gasteiger partial charge in [0.05, 0.1) is 13.2 Å². The molecule has 18 heavy (non-hydrogen) atoms. The molecule has 104 valence electrons. The third-order valence-corrected chi connectivity index (χ3v) is 2.72. The van der Waals surface area contributed by atoms with Gasteiger partial charge in [-0.2, -0.15) is 0 Å². The first kappa shape index (κ1) is 14.9. The molecule has 0 aromatic carbocycles. The average Bonchev–Trinajstić information content (AvgIpc) is 2.82. The lowest BCUT2D eigenvalue weighted by Crippen LogP contribution is -2.47. The van der Waals surface area contributed by atoms with E-state index in [1.54, 1.807) is 18.9 Å². The van der Waals surface area contributed by atoms with Gasteiger partial charge in [0.25, 0.3) is 0 Å². The summed E-state index contributed by atoms with van der Waals surface area (Å²) < 4.78 is 9.83. The van der Waals surface area contributed by atoms with Crippen molar-refractivity contribution in [2.45, 2.75) is 26.7 Å². The van der Waals surface area contributed by atoms with Crippen LogP contribution < -0.4 is 0 Å². The normalized spacial score (nSPS) is 15.9. The van der Waals surface area contributed by atoms with E-state index in [1.807, 2.05) is 5.01 Å². The number of hydrogen-bond donors (Lipinski definition) is 0. The number of esters is 2. The molecule has 0 spiro atoms. The third kappa shape index (κ3) is 5.01. The maximum atomic E-state index is 11.5. The molecule has 0 amide bonds. The van der Waals surface area contributed by atoms with Gasteiger partial charge in [-0.1, -0.05) is 0 Å². The van der Waals surface area contributed by atoms with Crippen molar-refractivity contribution in [3.8, 4) is 0 Å². The Balaban J connectivity index is 2.51. The Morgan fingerprint density at radius 1 is 1.00 bits per heavy atom. The van der Waals surface area contributed by atoms with Crippen LogP contribution in [0.2, 0.25) is 0 Å². The molecule has 6 heteroatoms. The summed E-state index contributed by atoms with van der Waals surface area (Å²) in [5, 5.41) is 3.75. The van der Waals surface area contributed by atoms with E-state index in [9.17, 15) is 9.59 Å². The minimum Gasteiger partial charge on any atom is -0.465 e. The van der Waals surface area contributed by atoms with Gasteiger partial charge in [0, 0.05) is 13.1 Å². The summed E-state index contributed by atoms with van der Waals surface area (Å²) in [6.07, 6.45) is 2.17. The Labute approximate surface area is 108 Å². The molecule has 1 heterocycles. The summed E-state index contributed by atoms with van der Waals surface area (Å²) in [4.78, 5) is 23.0. The Bertz CT molecular complexity index is 257. The van der Waals surface area contributed by atoms with Crippen LogP contribution in [-0.2, 0) is 19.1 Å². The Hall–Kier alpha value is -1.14. The average molecular weight is 258 g/mol. The van der Waals surface area contributed by atoms with E-state index in [0.29, 0.717) is 13.2 Å². The molecule has 1 saturated heterocycles. The molecule has 0 bridgehead atoms. The van der Waals surface area contributed by atoms with E-state index in [2.05, 4.69) is 0 Å². The highest BCUT2D eigenvalue weighted by Crippen LogP contribution is 2.11. The van der Waals surface area contributed by atoms with E-state index in [4.69, 9.17) is 9.47 Å². The highest BCUT2D eigenvalue weighted by atomic mass is 16.5. The van der Waals surface area contributed by atoms with Crippen LogP contribution in [0.5, 0.6) is 0 Å². The van der Waals surface area contributed by atoms with Crippen molar-refractivity contribution in [2.24, 2.45) is 0 Å². The Morgan fingerprint density at radius 2 is 1.44 bits per heavy atom. The summed E-state index contributed by atoms with van der Waals surface area (Å²) >= 11 is 0. The highest BCUT2D eigenvalue weighted by Gasteiger charge is 2.24. The Morgan fingerprint density at radius 3 is 1.83 bits per heavy atom. The molecule has 1 aliphatic heterocycles. The summed E-state index contributed by atoms with van der Waals surface area (Å²) in [5.41, 5.74) is 0. The molecule has 1 rings (SSSR count). The van der Waals surface area contributed by atoms with Gasteiger partial charge in [0.15, 0.2) is 0 Å². The van der Waals surface area contributed by atoms with Gasteiger partial charge in [-0.15, -0.1) is 0 Å². The lowest BCUT2D eigenvalue weighted by Gasteiger charge is -2.29. The third-order valence-electron chi connectivity index (χ3n) is 2.72. The predicted octanol–water partition coefficient (Wildman–Crippen LogP) is 0.425. The molecule has 0 aliphatic carbocycles. The molecule has 0 saturated carbocycles. The molecule has 0 aromatic heterocycles. The zero-order chi connectivity index (χ0) is 13.4. The first-order valence-corrected chi connectivity index (χ1v) is 6.48. The zero-order valence-corrected chi connectivity index (χ0v) is 11.2. The predicted molar refractivity (Wildman–Crippen MR) is 65.6 cm³/mol. The summed E-state index contributed by atoms with van der Waals surface area (Å²) in [6.45, 7) is 6.20. The van der Waals surface area contributed by atoms with Crippen molar-refractivity contribution in [3.63, 3.8) is 0 Å². The summed E-state index contributed by atoms with van der Waals surface area (Å²) in [5.74, 6) is -0.623. The molecule has 0 unspecified atom stereocenters. The second kappa shape index (κ2) is 8.05.